The van der Waals surface area contributed by atoms with Crippen LogP contribution in [0.5, 0.6) is 0 Å². The fraction of sp³-hybridized carbons (Fsp3) is 0.750. The second-order valence-corrected chi connectivity index (χ2v) is 3.99. The molecule has 0 saturated carbocycles. The second kappa shape index (κ2) is 7.35. The monoisotopic (exact) mass is 252 g/mol. The summed E-state index contributed by atoms with van der Waals surface area (Å²) in [6, 6.07) is 0. The molecular formula is C12H19F3O2. The lowest BCUT2D eigenvalue weighted by Gasteiger charge is -2.15. The number of carbonyl (C=O) groups is 1. The van der Waals surface area contributed by atoms with E-state index in [0.717, 1.165) is 25.7 Å². The van der Waals surface area contributed by atoms with Crippen LogP contribution in [0.4, 0.5) is 13.2 Å². The molecule has 0 N–H and O–H groups in total. The lowest BCUT2D eigenvalue weighted by Crippen LogP contribution is -2.23. The summed E-state index contributed by atoms with van der Waals surface area (Å²) < 4.78 is 40.9. The van der Waals surface area contributed by atoms with Crippen molar-refractivity contribution in [3.63, 3.8) is 0 Å². The van der Waals surface area contributed by atoms with Crippen LogP contribution in [0, 0.1) is 5.92 Å². The zero-order valence-electron chi connectivity index (χ0n) is 10.3. The van der Waals surface area contributed by atoms with Gasteiger partial charge in [-0.15, -0.1) is 0 Å². The second-order valence-electron chi connectivity index (χ2n) is 3.99. The first-order valence-corrected chi connectivity index (χ1v) is 5.76. The molecule has 0 bridgehead atoms. The van der Waals surface area contributed by atoms with Crippen LogP contribution in [-0.2, 0) is 9.53 Å². The summed E-state index contributed by atoms with van der Waals surface area (Å²) in [7, 11) is 0. The number of halogens is 3. The lowest BCUT2D eigenvalue weighted by molar-refractivity contribution is -0.151. The predicted octanol–water partition coefficient (Wildman–Crippen LogP) is 3.86. The molecule has 0 aromatic rings. The zero-order chi connectivity index (χ0) is 13.5. The van der Waals surface area contributed by atoms with E-state index < -0.39 is 17.7 Å². The molecule has 0 amide bonds. The average Bonchev–Trinajstić information content (AvgIpc) is 2.26. The number of rotatable bonds is 7. The van der Waals surface area contributed by atoms with Gasteiger partial charge < -0.3 is 4.74 Å². The highest BCUT2D eigenvalue weighted by molar-refractivity contribution is 5.89. The van der Waals surface area contributed by atoms with Gasteiger partial charge in [-0.2, -0.15) is 13.2 Å². The molecule has 0 rings (SSSR count). The van der Waals surface area contributed by atoms with Crippen molar-refractivity contribution >= 4 is 5.97 Å². The van der Waals surface area contributed by atoms with Crippen LogP contribution >= 0.6 is 0 Å². The molecule has 0 aliphatic carbocycles. The van der Waals surface area contributed by atoms with Crippen LogP contribution in [0.3, 0.4) is 0 Å². The first kappa shape index (κ1) is 16.0. The lowest BCUT2D eigenvalue weighted by atomic mass is 10.0. The van der Waals surface area contributed by atoms with Crippen molar-refractivity contribution in [2.24, 2.45) is 5.92 Å². The van der Waals surface area contributed by atoms with E-state index in [2.05, 4.69) is 11.3 Å². The quantitative estimate of drug-likeness (QED) is 0.508. The van der Waals surface area contributed by atoms with Gasteiger partial charge in [0.2, 0.25) is 0 Å². The third-order valence-corrected chi connectivity index (χ3v) is 2.58. The Bertz CT molecular complexity index is 259. The molecule has 0 aliphatic rings. The SMILES string of the molecule is C=C(C(=O)OCC(CC)CCCC)C(F)(F)F. The molecule has 0 aromatic heterocycles. The number of ether oxygens (including phenoxy) is 1. The van der Waals surface area contributed by atoms with Crippen molar-refractivity contribution in [3.8, 4) is 0 Å². The van der Waals surface area contributed by atoms with Gasteiger partial charge in [-0.25, -0.2) is 4.79 Å². The molecular weight excluding hydrogens is 233 g/mol. The van der Waals surface area contributed by atoms with Gasteiger partial charge in [0.1, 0.15) is 5.57 Å². The van der Waals surface area contributed by atoms with Crippen molar-refractivity contribution in [3.05, 3.63) is 12.2 Å². The summed E-state index contributed by atoms with van der Waals surface area (Å²) >= 11 is 0. The number of unbranched alkanes of at least 4 members (excludes halogenated alkanes) is 1. The highest BCUT2D eigenvalue weighted by Gasteiger charge is 2.38. The molecule has 1 atom stereocenters. The Labute approximate surface area is 99.8 Å². The first-order valence-electron chi connectivity index (χ1n) is 5.76. The molecule has 5 heteroatoms. The average molecular weight is 252 g/mol. The molecule has 0 heterocycles. The largest absolute Gasteiger partial charge is 0.462 e. The van der Waals surface area contributed by atoms with Crippen LogP contribution in [0.25, 0.3) is 0 Å². The van der Waals surface area contributed by atoms with Crippen LogP contribution in [-0.4, -0.2) is 18.8 Å². The van der Waals surface area contributed by atoms with E-state index >= 15 is 0 Å². The third-order valence-electron chi connectivity index (χ3n) is 2.58. The summed E-state index contributed by atoms with van der Waals surface area (Å²) in [6.45, 7) is 6.68. The van der Waals surface area contributed by atoms with Gasteiger partial charge in [0.25, 0.3) is 0 Å². The number of alkyl halides is 3. The zero-order valence-corrected chi connectivity index (χ0v) is 10.3. The molecule has 0 spiro atoms. The normalized spacial score (nSPS) is 13.2. The minimum atomic E-state index is -4.71. The van der Waals surface area contributed by atoms with Crippen LogP contribution in [0.1, 0.15) is 39.5 Å². The Balaban J connectivity index is 4.09. The summed E-state index contributed by atoms with van der Waals surface area (Å²) in [5, 5.41) is 0. The number of hydrogen-bond acceptors (Lipinski definition) is 2. The van der Waals surface area contributed by atoms with Gasteiger partial charge in [-0.1, -0.05) is 39.7 Å². The van der Waals surface area contributed by atoms with Gasteiger partial charge in [-0.05, 0) is 12.3 Å². The number of hydrogen-bond donors (Lipinski definition) is 0. The maximum absolute atomic E-state index is 12.1. The Morgan fingerprint density at radius 1 is 1.35 bits per heavy atom. The van der Waals surface area contributed by atoms with Crippen LogP contribution in [0.15, 0.2) is 12.2 Å². The molecule has 0 saturated heterocycles. The van der Waals surface area contributed by atoms with Crippen molar-refractivity contribution in [2.45, 2.75) is 45.7 Å². The first-order chi connectivity index (χ1) is 7.82. The van der Waals surface area contributed by atoms with E-state index in [1.165, 1.54) is 0 Å². The van der Waals surface area contributed by atoms with E-state index in [1.807, 2.05) is 13.8 Å². The maximum Gasteiger partial charge on any atom is 0.422 e. The van der Waals surface area contributed by atoms with E-state index in [-0.39, 0.29) is 12.5 Å². The predicted molar refractivity (Wildman–Crippen MR) is 59.5 cm³/mol. The van der Waals surface area contributed by atoms with Crippen molar-refractivity contribution in [1.29, 1.82) is 0 Å². The van der Waals surface area contributed by atoms with Gasteiger partial charge in [0.05, 0.1) is 6.61 Å². The summed E-state index contributed by atoms with van der Waals surface area (Å²) in [5.41, 5.74) is -1.44. The molecule has 0 aliphatic heterocycles. The van der Waals surface area contributed by atoms with Gasteiger partial charge in [-0.3, -0.25) is 0 Å². The highest BCUT2D eigenvalue weighted by Crippen LogP contribution is 2.25. The Hall–Kier alpha value is -1.00. The topological polar surface area (TPSA) is 26.3 Å². The molecule has 2 nitrogen and oxygen atoms in total. The molecule has 100 valence electrons. The highest BCUT2D eigenvalue weighted by atomic mass is 19.4. The maximum atomic E-state index is 12.1. The van der Waals surface area contributed by atoms with Gasteiger partial charge in [0, 0.05) is 0 Å². The van der Waals surface area contributed by atoms with Gasteiger partial charge >= 0.3 is 12.1 Å². The Morgan fingerprint density at radius 3 is 2.35 bits per heavy atom. The molecule has 0 radical (unpaired) electrons. The van der Waals surface area contributed by atoms with E-state index in [9.17, 15) is 18.0 Å². The minimum Gasteiger partial charge on any atom is -0.462 e. The van der Waals surface area contributed by atoms with Crippen molar-refractivity contribution in [2.75, 3.05) is 6.61 Å². The molecule has 0 fully saturated rings. The molecule has 1 unspecified atom stereocenters. The third kappa shape index (κ3) is 6.34. The summed E-state index contributed by atoms with van der Waals surface area (Å²) in [5.74, 6) is -1.24. The fourth-order valence-corrected chi connectivity index (χ4v) is 1.29. The molecule has 17 heavy (non-hydrogen) atoms. The smallest absolute Gasteiger partial charge is 0.422 e. The van der Waals surface area contributed by atoms with Crippen molar-refractivity contribution in [1.82, 2.24) is 0 Å². The number of carbonyl (C=O) groups excluding carboxylic acids is 1. The number of esters is 1. The Kier molecular flexibility index (Phi) is 6.92. The van der Waals surface area contributed by atoms with Crippen LogP contribution in [0.2, 0.25) is 0 Å². The van der Waals surface area contributed by atoms with E-state index in [1.54, 1.807) is 0 Å². The van der Waals surface area contributed by atoms with Gasteiger partial charge in [0.15, 0.2) is 0 Å². The van der Waals surface area contributed by atoms with Crippen molar-refractivity contribution < 1.29 is 22.7 Å². The van der Waals surface area contributed by atoms with Crippen LogP contribution < -0.4 is 0 Å². The van der Waals surface area contributed by atoms with E-state index in [0.29, 0.717) is 0 Å². The Morgan fingerprint density at radius 2 is 1.94 bits per heavy atom. The molecule has 0 aromatic carbocycles. The summed E-state index contributed by atoms with van der Waals surface area (Å²) in [6.07, 6.45) is -1.07. The minimum absolute atomic E-state index is 0.0322. The fourth-order valence-electron chi connectivity index (χ4n) is 1.29. The summed E-state index contributed by atoms with van der Waals surface area (Å²) in [4.78, 5) is 11.0. The standard InChI is InChI=1S/C12H19F3O2/c1-4-6-7-10(5-2)8-17-11(16)9(3)12(13,14)15/h10H,3-8H2,1-2H3. The van der Waals surface area contributed by atoms with E-state index in [4.69, 9.17) is 0 Å².